The van der Waals surface area contributed by atoms with Crippen LogP contribution in [-0.2, 0) is 5.66 Å². The molecule has 46 heavy (non-hydrogen) atoms. The van der Waals surface area contributed by atoms with Crippen LogP contribution < -0.4 is 9.13 Å². The van der Waals surface area contributed by atoms with Gasteiger partial charge in [0.2, 0.25) is 0 Å². The van der Waals surface area contributed by atoms with Crippen molar-refractivity contribution in [2.45, 2.75) is 5.66 Å². The van der Waals surface area contributed by atoms with Gasteiger partial charge in [0.15, 0.2) is 22.4 Å². The topological polar surface area (TPSA) is 22.5 Å². The fourth-order valence-electron chi connectivity index (χ4n) is 10.3. The van der Waals surface area contributed by atoms with Crippen LogP contribution in [0.25, 0.3) is 94.1 Å². The molecule has 5 aromatic heterocycles. The minimum Gasteiger partial charge on any atom is -0.308 e. The quantitative estimate of drug-likeness (QED) is 0.163. The molecule has 14 rings (SSSR count). The molecule has 0 radical (unpaired) electrons. The van der Waals surface area contributed by atoms with Crippen molar-refractivity contribution in [2.75, 3.05) is 0 Å². The number of rotatable bonds is 0. The van der Waals surface area contributed by atoms with Gasteiger partial charge in [-0.25, -0.2) is 0 Å². The van der Waals surface area contributed by atoms with Crippen molar-refractivity contribution in [2.24, 2.45) is 0 Å². The third kappa shape index (κ3) is 1.82. The van der Waals surface area contributed by atoms with Crippen molar-refractivity contribution >= 4 is 65.4 Å². The average molecular weight is 584 g/mol. The van der Waals surface area contributed by atoms with Gasteiger partial charge in [-0.2, -0.15) is 18.3 Å². The Labute approximate surface area is 260 Å². The zero-order chi connectivity index (χ0) is 29.2. The van der Waals surface area contributed by atoms with Gasteiger partial charge < -0.3 is 4.57 Å². The van der Waals surface area contributed by atoms with Gasteiger partial charge in [-0.3, -0.25) is 0 Å². The second kappa shape index (κ2) is 6.44. The van der Waals surface area contributed by atoms with Crippen LogP contribution in [-0.4, -0.2) is 13.7 Å². The van der Waals surface area contributed by atoms with E-state index in [0.29, 0.717) is 0 Å². The van der Waals surface area contributed by atoms with Gasteiger partial charge in [0.25, 0.3) is 11.6 Å². The minimum absolute atomic E-state index is 0.594. The molecular formula is C41H21N5+2. The minimum atomic E-state index is -0.594. The van der Waals surface area contributed by atoms with Crippen molar-refractivity contribution in [3.63, 3.8) is 0 Å². The average Bonchev–Trinajstić information content (AvgIpc) is 3.82. The maximum absolute atomic E-state index is 2.68. The molecule has 0 fully saturated rings. The fourth-order valence-corrected chi connectivity index (χ4v) is 10.3. The summed E-state index contributed by atoms with van der Waals surface area (Å²) in [6.07, 6.45) is 0. The smallest absolute Gasteiger partial charge is 0.308 e. The Hall–Kier alpha value is -6.20. The number of para-hydroxylation sites is 3. The molecule has 4 aliphatic rings. The lowest BCUT2D eigenvalue weighted by molar-refractivity contribution is -0.933. The summed E-state index contributed by atoms with van der Waals surface area (Å²) >= 11 is 0. The first kappa shape index (κ1) is 21.5. The molecule has 4 aliphatic heterocycles. The summed E-state index contributed by atoms with van der Waals surface area (Å²) in [5, 5.41) is 7.84. The summed E-state index contributed by atoms with van der Waals surface area (Å²) < 4.78 is 13.0. The number of hydrogen-bond donors (Lipinski definition) is 0. The Morgan fingerprint density at radius 1 is 0.391 bits per heavy atom. The molecule has 0 amide bonds. The van der Waals surface area contributed by atoms with Crippen LogP contribution in [0.1, 0.15) is 11.1 Å². The molecule has 5 nitrogen and oxygen atoms in total. The van der Waals surface area contributed by atoms with Gasteiger partial charge in [-0.05, 0) is 72.8 Å². The highest BCUT2D eigenvalue weighted by Gasteiger charge is 2.68. The molecule has 0 bridgehead atoms. The molecule has 1 atom stereocenters. The van der Waals surface area contributed by atoms with E-state index >= 15 is 0 Å². The van der Waals surface area contributed by atoms with Gasteiger partial charge in [0, 0.05) is 44.5 Å². The third-order valence-electron chi connectivity index (χ3n) is 11.6. The van der Waals surface area contributed by atoms with Crippen LogP contribution in [0.15, 0.2) is 127 Å². The van der Waals surface area contributed by atoms with Crippen LogP contribution in [0.5, 0.6) is 0 Å². The molecule has 5 aromatic carbocycles. The highest BCUT2D eigenvalue weighted by atomic mass is 15.4. The van der Waals surface area contributed by atoms with Gasteiger partial charge in [-0.1, -0.05) is 42.5 Å². The first-order valence-electron chi connectivity index (χ1n) is 16.1. The zero-order valence-electron chi connectivity index (χ0n) is 24.4. The summed E-state index contributed by atoms with van der Waals surface area (Å²) in [5.74, 6) is 2.42. The SMILES string of the molecule is c1cc2[n+]3c(c1)-n1c4ccccc4c4ccc5c(c41)C31c3c4c(cc6c7ccccc7n(c36)-c3cccc-2[n+]31)c1ccccc1n4-5. The number of nitrogens with zero attached hydrogens (tertiary/aromatic N) is 5. The number of fused-ring (bicyclic) bond motifs is 13. The molecule has 9 heterocycles. The second-order valence-corrected chi connectivity index (χ2v) is 13.3. The van der Waals surface area contributed by atoms with Crippen LogP contribution in [0, 0.1) is 0 Å². The van der Waals surface area contributed by atoms with Gasteiger partial charge in [-0.15, -0.1) is 0 Å². The molecule has 208 valence electrons. The summed E-state index contributed by atoms with van der Waals surface area (Å²) in [6.45, 7) is 0. The highest BCUT2D eigenvalue weighted by Crippen LogP contribution is 2.57. The van der Waals surface area contributed by atoms with Crippen LogP contribution >= 0.6 is 0 Å². The van der Waals surface area contributed by atoms with Crippen LogP contribution in [0.4, 0.5) is 0 Å². The van der Waals surface area contributed by atoms with Crippen LogP contribution in [0.3, 0.4) is 0 Å². The molecule has 1 spiro atoms. The monoisotopic (exact) mass is 583 g/mol. The molecule has 0 N–H and O–H groups in total. The van der Waals surface area contributed by atoms with E-state index in [0.717, 1.165) is 0 Å². The van der Waals surface area contributed by atoms with Crippen molar-refractivity contribution in [1.82, 2.24) is 13.7 Å². The number of benzene rings is 5. The standard InChI is InChI=1S/C41H21N5/c1-5-13-29-22(9-1)25-19-20-33-36-38(25)43(29)34-17-7-15-31-32-16-8-18-35-44-30-14-6-3-11-24(30)27-21-26-23-10-2-4-12-28(23)42(33)39(26)37(40(27)44)41(36,45(31)34)46(32)35/h1-21H/q+2. The Morgan fingerprint density at radius 3 is 1.50 bits per heavy atom. The molecule has 0 saturated heterocycles. The predicted octanol–water partition coefficient (Wildman–Crippen LogP) is 7.77. The molecule has 0 saturated carbocycles. The lowest BCUT2D eigenvalue weighted by atomic mass is 9.81. The molecule has 0 aliphatic carbocycles. The van der Waals surface area contributed by atoms with E-state index in [-0.39, 0.29) is 0 Å². The van der Waals surface area contributed by atoms with Crippen LogP contribution in [0.2, 0.25) is 0 Å². The van der Waals surface area contributed by atoms with Gasteiger partial charge >= 0.3 is 5.66 Å². The summed E-state index contributed by atoms with van der Waals surface area (Å²) in [4.78, 5) is 0. The van der Waals surface area contributed by atoms with Crippen molar-refractivity contribution in [3.8, 4) is 28.7 Å². The van der Waals surface area contributed by atoms with Crippen molar-refractivity contribution in [1.29, 1.82) is 0 Å². The fraction of sp³-hybridized carbons (Fsp3) is 0.0244. The van der Waals surface area contributed by atoms with Gasteiger partial charge in [0.1, 0.15) is 22.2 Å². The van der Waals surface area contributed by atoms with E-state index in [1.165, 1.54) is 105 Å². The van der Waals surface area contributed by atoms with Gasteiger partial charge in [0.05, 0.1) is 16.7 Å². The lowest BCUT2D eigenvalue weighted by Crippen LogP contribution is -2.76. The van der Waals surface area contributed by atoms with E-state index in [4.69, 9.17) is 0 Å². The highest BCUT2D eigenvalue weighted by molar-refractivity contribution is 6.23. The first-order valence-corrected chi connectivity index (χ1v) is 16.1. The number of aromatic nitrogens is 5. The Morgan fingerprint density at radius 2 is 0.891 bits per heavy atom. The summed E-state index contributed by atoms with van der Waals surface area (Å²) in [7, 11) is 0. The summed E-state index contributed by atoms with van der Waals surface area (Å²) in [5.41, 5.74) is 13.6. The van der Waals surface area contributed by atoms with E-state index in [2.05, 4.69) is 150 Å². The molecule has 5 heteroatoms. The van der Waals surface area contributed by atoms with E-state index in [9.17, 15) is 0 Å². The first-order chi connectivity index (χ1) is 22.9. The van der Waals surface area contributed by atoms with Crippen molar-refractivity contribution in [3.05, 3.63) is 139 Å². The van der Waals surface area contributed by atoms with Crippen molar-refractivity contribution < 1.29 is 9.13 Å². The lowest BCUT2D eigenvalue weighted by Gasteiger charge is -2.38. The maximum atomic E-state index is 2.68. The Bertz CT molecular complexity index is 3190. The Balaban J connectivity index is 1.43. The molecule has 1 unspecified atom stereocenters. The normalized spacial score (nSPS) is 17.2. The largest absolute Gasteiger partial charge is 0.319 e. The number of hydrogen-bond acceptors (Lipinski definition) is 0. The second-order valence-electron chi connectivity index (χ2n) is 13.3. The Kier molecular flexibility index (Phi) is 3.01. The molecule has 10 aromatic rings. The van der Waals surface area contributed by atoms with E-state index < -0.39 is 5.66 Å². The predicted molar refractivity (Wildman–Crippen MR) is 180 cm³/mol. The zero-order valence-corrected chi connectivity index (χ0v) is 24.4. The summed E-state index contributed by atoms with van der Waals surface area (Å²) in [6, 6.07) is 48.0. The molecular weight excluding hydrogens is 562 g/mol. The van der Waals surface area contributed by atoms with E-state index in [1.54, 1.807) is 0 Å². The third-order valence-corrected chi connectivity index (χ3v) is 11.6. The maximum Gasteiger partial charge on any atom is 0.319 e. The van der Waals surface area contributed by atoms with E-state index in [1.807, 2.05) is 0 Å². The number of pyridine rings is 2.